The maximum atomic E-state index is 12.8. The molecule has 2 nitrogen and oxygen atoms in total. The molecule has 0 radical (unpaired) electrons. The minimum absolute atomic E-state index is 0.214. The van der Waals surface area contributed by atoms with Crippen LogP contribution in [0.5, 0.6) is 0 Å². The normalized spacial score (nSPS) is 11.8. The highest BCUT2D eigenvalue weighted by atomic mass is 19.4. The summed E-state index contributed by atoms with van der Waals surface area (Å²) in [5.41, 5.74) is 1.08. The van der Waals surface area contributed by atoms with Crippen molar-refractivity contribution in [3.8, 4) is 0 Å². The first-order chi connectivity index (χ1) is 10.5. The van der Waals surface area contributed by atoms with Crippen molar-refractivity contribution in [1.82, 2.24) is 4.57 Å². The van der Waals surface area contributed by atoms with Gasteiger partial charge in [0.2, 0.25) is 0 Å². The smallest absolute Gasteiger partial charge is 0.334 e. The lowest BCUT2D eigenvalue weighted by molar-refractivity contribution is -0.137. The number of halogens is 3. The Morgan fingerprint density at radius 2 is 1.77 bits per heavy atom. The van der Waals surface area contributed by atoms with Crippen LogP contribution in [0.25, 0.3) is 10.9 Å². The minimum Gasteiger partial charge on any atom is -0.334 e. The third-order valence-electron chi connectivity index (χ3n) is 3.56. The lowest BCUT2D eigenvalue weighted by Gasteiger charge is -2.11. The summed E-state index contributed by atoms with van der Waals surface area (Å²) in [6.07, 6.45) is -3.66. The van der Waals surface area contributed by atoms with Gasteiger partial charge in [-0.05, 0) is 29.8 Å². The molecule has 0 amide bonds. The first-order valence-electron chi connectivity index (χ1n) is 6.68. The number of rotatable bonds is 3. The van der Waals surface area contributed by atoms with Crippen LogP contribution in [0.4, 0.5) is 13.2 Å². The number of aldehydes is 1. The van der Waals surface area contributed by atoms with Crippen molar-refractivity contribution in [2.24, 2.45) is 0 Å². The molecule has 0 bridgehead atoms. The van der Waals surface area contributed by atoms with Gasteiger partial charge < -0.3 is 4.57 Å². The maximum absolute atomic E-state index is 12.8. The molecule has 0 atom stereocenters. The van der Waals surface area contributed by atoms with Crippen molar-refractivity contribution in [2.75, 3.05) is 0 Å². The summed E-state index contributed by atoms with van der Waals surface area (Å²) in [6, 6.07) is 14.3. The molecule has 22 heavy (non-hydrogen) atoms. The van der Waals surface area contributed by atoms with Crippen molar-refractivity contribution < 1.29 is 18.0 Å². The van der Waals surface area contributed by atoms with E-state index in [1.807, 2.05) is 24.3 Å². The minimum atomic E-state index is -4.37. The SMILES string of the molecule is O=Cc1cc2ccccc2n1Cc1cccc(C(F)(F)F)c1. The molecule has 0 aliphatic heterocycles. The molecule has 0 unspecified atom stereocenters. The molecular weight excluding hydrogens is 291 g/mol. The number of fused-ring (bicyclic) bond motifs is 1. The monoisotopic (exact) mass is 303 g/mol. The second-order valence-electron chi connectivity index (χ2n) is 5.03. The van der Waals surface area contributed by atoms with E-state index in [2.05, 4.69) is 0 Å². The van der Waals surface area contributed by atoms with Gasteiger partial charge in [-0.2, -0.15) is 13.2 Å². The summed E-state index contributed by atoms with van der Waals surface area (Å²) < 4.78 is 40.1. The Morgan fingerprint density at radius 1 is 1.00 bits per heavy atom. The Labute approximate surface area is 124 Å². The van der Waals surface area contributed by atoms with Gasteiger partial charge in [0.05, 0.1) is 11.3 Å². The summed E-state index contributed by atoms with van der Waals surface area (Å²) >= 11 is 0. The van der Waals surface area contributed by atoms with Gasteiger partial charge in [0.1, 0.15) is 0 Å². The fourth-order valence-electron chi connectivity index (χ4n) is 2.53. The topological polar surface area (TPSA) is 22.0 Å². The van der Waals surface area contributed by atoms with E-state index in [4.69, 9.17) is 0 Å². The predicted octanol–water partition coefficient (Wildman–Crippen LogP) is 4.52. The largest absolute Gasteiger partial charge is 0.416 e. The Balaban J connectivity index is 2.05. The highest BCUT2D eigenvalue weighted by molar-refractivity contribution is 5.89. The highest BCUT2D eigenvalue weighted by Gasteiger charge is 2.30. The van der Waals surface area contributed by atoms with E-state index in [0.29, 0.717) is 17.5 Å². The zero-order valence-electron chi connectivity index (χ0n) is 11.5. The number of nitrogens with zero attached hydrogens (tertiary/aromatic N) is 1. The number of alkyl halides is 3. The highest BCUT2D eigenvalue weighted by Crippen LogP contribution is 2.30. The Hall–Kier alpha value is -2.56. The van der Waals surface area contributed by atoms with Crippen LogP contribution < -0.4 is 0 Å². The van der Waals surface area contributed by atoms with Gasteiger partial charge in [-0.15, -0.1) is 0 Å². The third kappa shape index (κ3) is 2.62. The van der Waals surface area contributed by atoms with Crippen LogP contribution >= 0.6 is 0 Å². The molecule has 0 aliphatic rings. The molecule has 0 saturated carbocycles. The van der Waals surface area contributed by atoms with Crippen LogP contribution in [-0.2, 0) is 12.7 Å². The second kappa shape index (κ2) is 5.33. The summed E-state index contributed by atoms with van der Waals surface area (Å²) in [4.78, 5) is 11.2. The number of para-hydroxylation sites is 1. The van der Waals surface area contributed by atoms with Crippen LogP contribution in [-0.4, -0.2) is 10.9 Å². The van der Waals surface area contributed by atoms with Gasteiger partial charge in [0.25, 0.3) is 0 Å². The van der Waals surface area contributed by atoms with Crippen LogP contribution in [0, 0.1) is 0 Å². The fraction of sp³-hybridized carbons (Fsp3) is 0.118. The zero-order valence-corrected chi connectivity index (χ0v) is 11.5. The van der Waals surface area contributed by atoms with Crippen molar-refractivity contribution in [1.29, 1.82) is 0 Å². The summed E-state index contributed by atoms with van der Waals surface area (Å²) in [5, 5.41) is 0.886. The average Bonchev–Trinajstić information content (AvgIpc) is 2.85. The molecule has 5 heteroatoms. The molecule has 2 aromatic carbocycles. The molecule has 1 aromatic heterocycles. The predicted molar refractivity (Wildman–Crippen MR) is 77.9 cm³/mol. The van der Waals surface area contributed by atoms with E-state index in [1.165, 1.54) is 6.07 Å². The summed E-state index contributed by atoms with van der Waals surface area (Å²) in [5.74, 6) is 0. The average molecular weight is 303 g/mol. The molecule has 112 valence electrons. The summed E-state index contributed by atoms with van der Waals surface area (Å²) in [7, 11) is 0. The molecule has 0 spiro atoms. The summed E-state index contributed by atoms with van der Waals surface area (Å²) in [6.45, 7) is 0.214. The zero-order chi connectivity index (χ0) is 15.7. The lowest BCUT2D eigenvalue weighted by atomic mass is 10.1. The van der Waals surface area contributed by atoms with Crippen molar-refractivity contribution in [3.05, 3.63) is 71.4 Å². The number of aromatic nitrogens is 1. The van der Waals surface area contributed by atoms with E-state index < -0.39 is 11.7 Å². The second-order valence-corrected chi connectivity index (χ2v) is 5.03. The van der Waals surface area contributed by atoms with E-state index in [1.54, 1.807) is 16.7 Å². The molecule has 0 N–H and O–H groups in total. The quantitative estimate of drug-likeness (QED) is 0.652. The lowest BCUT2D eigenvalue weighted by Crippen LogP contribution is -2.08. The van der Waals surface area contributed by atoms with Gasteiger partial charge in [-0.25, -0.2) is 0 Å². The van der Waals surface area contributed by atoms with E-state index >= 15 is 0 Å². The molecule has 0 saturated heterocycles. The fourth-order valence-corrected chi connectivity index (χ4v) is 2.53. The van der Waals surface area contributed by atoms with Gasteiger partial charge in [-0.1, -0.05) is 30.3 Å². The maximum Gasteiger partial charge on any atom is 0.416 e. The van der Waals surface area contributed by atoms with Gasteiger partial charge >= 0.3 is 6.18 Å². The molecule has 0 fully saturated rings. The van der Waals surface area contributed by atoms with Gasteiger partial charge in [0.15, 0.2) is 6.29 Å². The first kappa shape index (κ1) is 14.4. The van der Waals surface area contributed by atoms with Crippen LogP contribution in [0.3, 0.4) is 0 Å². The van der Waals surface area contributed by atoms with Gasteiger partial charge in [0, 0.05) is 17.4 Å². The Morgan fingerprint density at radius 3 is 2.50 bits per heavy atom. The van der Waals surface area contributed by atoms with Crippen molar-refractivity contribution >= 4 is 17.2 Å². The molecule has 3 rings (SSSR count). The third-order valence-corrected chi connectivity index (χ3v) is 3.56. The Kier molecular flexibility index (Phi) is 3.48. The van der Waals surface area contributed by atoms with E-state index in [9.17, 15) is 18.0 Å². The number of carbonyl (C=O) groups excluding carboxylic acids is 1. The molecule has 1 heterocycles. The number of carbonyl (C=O) groups is 1. The van der Waals surface area contributed by atoms with Crippen molar-refractivity contribution in [2.45, 2.75) is 12.7 Å². The molecular formula is C17H12F3NO. The Bertz CT molecular complexity index is 833. The number of hydrogen-bond donors (Lipinski definition) is 0. The molecule has 3 aromatic rings. The van der Waals surface area contributed by atoms with Crippen molar-refractivity contribution in [3.63, 3.8) is 0 Å². The van der Waals surface area contributed by atoms with Crippen LogP contribution in [0.15, 0.2) is 54.6 Å². The number of benzene rings is 2. The first-order valence-corrected chi connectivity index (χ1v) is 6.68. The molecule has 0 aliphatic carbocycles. The van der Waals surface area contributed by atoms with E-state index in [-0.39, 0.29) is 6.54 Å². The van der Waals surface area contributed by atoms with Crippen LogP contribution in [0.2, 0.25) is 0 Å². The number of hydrogen-bond acceptors (Lipinski definition) is 1. The van der Waals surface area contributed by atoms with Gasteiger partial charge in [-0.3, -0.25) is 4.79 Å². The van der Waals surface area contributed by atoms with Crippen LogP contribution in [0.1, 0.15) is 21.6 Å². The van der Waals surface area contributed by atoms with E-state index in [0.717, 1.165) is 23.0 Å². The standard InChI is InChI=1S/C17H12F3NO/c18-17(19,20)14-6-3-4-12(8-14)10-21-15(11-22)9-13-5-1-2-7-16(13)21/h1-9,11H,10H2.